The maximum atomic E-state index is 11.6. The van der Waals surface area contributed by atoms with E-state index in [1.54, 1.807) is 0 Å². The summed E-state index contributed by atoms with van der Waals surface area (Å²) in [5.41, 5.74) is 8.15. The fraction of sp³-hybridized carbons (Fsp3) is 1.00. The van der Waals surface area contributed by atoms with Crippen molar-refractivity contribution in [1.82, 2.24) is 0 Å². The molecule has 15 nitrogen and oxygen atoms in total. The third-order valence-corrected chi connectivity index (χ3v) is 6.26. The van der Waals surface area contributed by atoms with Crippen LogP contribution in [0.5, 0.6) is 0 Å². The maximum absolute atomic E-state index is 11.6. The van der Waals surface area contributed by atoms with Crippen molar-refractivity contribution in [2.24, 2.45) is 5.11 Å². The average Bonchev–Trinajstić information content (AvgIpc) is 2.73. The van der Waals surface area contributed by atoms with Crippen LogP contribution in [0.2, 0.25) is 0 Å². The summed E-state index contributed by atoms with van der Waals surface area (Å²) in [6.07, 6.45) is -1.67. The summed E-state index contributed by atoms with van der Waals surface area (Å²) >= 11 is 0. The summed E-state index contributed by atoms with van der Waals surface area (Å²) in [5, 5.41) is 3.12. The van der Waals surface area contributed by atoms with Gasteiger partial charge in [0.2, 0.25) is 0 Å². The lowest BCUT2D eigenvalue weighted by Gasteiger charge is -2.20. The van der Waals surface area contributed by atoms with Gasteiger partial charge in [-0.05, 0) is 12.0 Å². The van der Waals surface area contributed by atoms with Gasteiger partial charge in [-0.2, -0.15) is 8.62 Å². The number of rotatable bonds is 10. The lowest BCUT2D eigenvalue weighted by atomic mass is 9.96. The molecule has 1 saturated heterocycles. The van der Waals surface area contributed by atoms with E-state index < -0.39 is 48.3 Å². The van der Waals surface area contributed by atoms with Gasteiger partial charge in [0.25, 0.3) is 0 Å². The van der Waals surface area contributed by atoms with Crippen LogP contribution in [0.1, 0.15) is 6.42 Å². The zero-order valence-corrected chi connectivity index (χ0v) is 14.9. The molecular formula is C6H13BN3O12P3. The molecule has 0 saturated carbocycles. The number of azide groups is 1. The molecule has 142 valence electrons. The SMILES string of the molecule is [B][C@H]1C[C@@H](OCN=[N+]=[N-])[C@@H](COP(=O)(O)OP(=O)(O)OP(=O)(O)O)O1. The number of nitrogens with zero attached hydrogens (tertiary/aromatic N) is 3. The lowest BCUT2D eigenvalue weighted by Crippen LogP contribution is -2.29. The first-order valence-electron chi connectivity index (χ1n) is 6.15. The average molecular weight is 423 g/mol. The zero-order chi connectivity index (χ0) is 19.3. The van der Waals surface area contributed by atoms with Gasteiger partial charge in [-0.1, -0.05) is 5.11 Å². The number of phosphoric acid groups is 3. The van der Waals surface area contributed by atoms with Crippen molar-refractivity contribution in [3.8, 4) is 0 Å². The highest BCUT2D eigenvalue weighted by atomic mass is 31.3. The molecule has 0 amide bonds. The fourth-order valence-corrected chi connectivity index (χ4v) is 4.73. The van der Waals surface area contributed by atoms with Gasteiger partial charge in [0.15, 0.2) is 0 Å². The molecule has 0 aromatic heterocycles. The number of ether oxygens (including phenoxy) is 2. The highest BCUT2D eigenvalue weighted by molar-refractivity contribution is 7.66. The summed E-state index contributed by atoms with van der Waals surface area (Å²) in [4.78, 5) is 37.6. The van der Waals surface area contributed by atoms with Gasteiger partial charge in [0.05, 0.1) is 12.7 Å². The smallest absolute Gasteiger partial charge is 0.380 e. The van der Waals surface area contributed by atoms with Crippen LogP contribution in [0.4, 0.5) is 0 Å². The van der Waals surface area contributed by atoms with Crippen molar-refractivity contribution in [3.05, 3.63) is 10.4 Å². The number of hydrogen-bond acceptors (Lipinski definition) is 9. The maximum Gasteiger partial charge on any atom is 0.490 e. The third kappa shape index (κ3) is 9.27. The molecule has 1 heterocycles. The van der Waals surface area contributed by atoms with Crippen LogP contribution in [0.25, 0.3) is 10.4 Å². The van der Waals surface area contributed by atoms with Gasteiger partial charge in [0, 0.05) is 10.9 Å². The molecule has 0 aliphatic carbocycles. The van der Waals surface area contributed by atoms with Gasteiger partial charge >= 0.3 is 23.5 Å². The normalized spacial score (nSPS) is 28.7. The van der Waals surface area contributed by atoms with Crippen molar-refractivity contribution in [2.75, 3.05) is 13.3 Å². The van der Waals surface area contributed by atoms with Crippen LogP contribution in [0.15, 0.2) is 5.11 Å². The Balaban J connectivity index is 2.61. The topological polar surface area (TPSA) is 227 Å². The highest BCUT2D eigenvalue weighted by Gasteiger charge is 2.42. The quantitative estimate of drug-likeness (QED) is 0.122. The largest absolute Gasteiger partial charge is 0.490 e. The van der Waals surface area contributed by atoms with E-state index in [0.717, 1.165) is 0 Å². The van der Waals surface area contributed by atoms with E-state index in [2.05, 4.69) is 23.2 Å². The highest BCUT2D eigenvalue weighted by Crippen LogP contribution is 2.66. The molecule has 25 heavy (non-hydrogen) atoms. The predicted molar refractivity (Wildman–Crippen MR) is 77.7 cm³/mol. The molecule has 1 rings (SSSR count). The Morgan fingerprint density at radius 2 is 1.84 bits per heavy atom. The van der Waals surface area contributed by atoms with Crippen molar-refractivity contribution in [2.45, 2.75) is 24.6 Å². The van der Waals surface area contributed by atoms with E-state index >= 15 is 0 Å². The van der Waals surface area contributed by atoms with Crippen LogP contribution in [-0.4, -0.2) is 59.0 Å². The van der Waals surface area contributed by atoms with Crippen LogP contribution in [-0.2, 0) is 36.3 Å². The second-order valence-electron chi connectivity index (χ2n) is 4.40. The van der Waals surface area contributed by atoms with Gasteiger partial charge in [0.1, 0.15) is 20.7 Å². The Morgan fingerprint density at radius 3 is 2.40 bits per heavy atom. The summed E-state index contributed by atoms with van der Waals surface area (Å²) < 4.78 is 55.0. The molecular weight excluding hydrogens is 410 g/mol. The Kier molecular flexibility index (Phi) is 8.25. The van der Waals surface area contributed by atoms with E-state index in [-0.39, 0.29) is 13.2 Å². The van der Waals surface area contributed by atoms with Gasteiger partial charge < -0.3 is 29.0 Å². The first kappa shape index (κ1) is 22.7. The first-order valence-corrected chi connectivity index (χ1v) is 10.7. The van der Waals surface area contributed by atoms with Gasteiger partial charge in [-0.3, -0.25) is 4.52 Å². The molecule has 19 heteroatoms. The molecule has 0 aromatic rings. The molecule has 2 unspecified atom stereocenters. The second kappa shape index (κ2) is 9.07. The van der Waals surface area contributed by atoms with E-state index in [0.29, 0.717) is 0 Å². The van der Waals surface area contributed by atoms with Crippen molar-refractivity contribution in [3.63, 3.8) is 0 Å². The summed E-state index contributed by atoms with van der Waals surface area (Å²) in [5.74, 6) is 0. The summed E-state index contributed by atoms with van der Waals surface area (Å²) in [6, 6.07) is -0.814. The van der Waals surface area contributed by atoms with Crippen LogP contribution in [0.3, 0.4) is 0 Å². The molecule has 1 fully saturated rings. The molecule has 1 aliphatic heterocycles. The van der Waals surface area contributed by atoms with Gasteiger partial charge in [-0.25, -0.2) is 13.7 Å². The minimum absolute atomic E-state index is 0.130. The second-order valence-corrected chi connectivity index (χ2v) is 8.82. The molecule has 5 atom stereocenters. The van der Waals surface area contributed by atoms with Crippen molar-refractivity contribution >= 4 is 31.3 Å². The Labute approximate surface area is 141 Å². The minimum Gasteiger partial charge on any atom is -0.380 e. The van der Waals surface area contributed by atoms with Crippen LogP contribution >= 0.6 is 23.5 Å². The zero-order valence-electron chi connectivity index (χ0n) is 12.2. The standard InChI is InChI=1S/C6H13BN3O12P3/c7-6-1-4(18-3-9-10-8)5(20-6)2-19-24(14,15)22-25(16,17)21-23(11,12)13/h4-6H,1-3H2,(H,14,15)(H,16,17)(H2,11,12,13)/t4-,5-,6-/m1/s1. The first-order chi connectivity index (χ1) is 11.3. The van der Waals surface area contributed by atoms with Crippen LogP contribution in [0, 0.1) is 0 Å². The van der Waals surface area contributed by atoms with Gasteiger partial charge in [-0.15, -0.1) is 0 Å². The Morgan fingerprint density at radius 1 is 1.20 bits per heavy atom. The number of phosphoric ester groups is 1. The van der Waals surface area contributed by atoms with E-state index in [4.69, 9.17) is 37.5 Å². The van der Waals surface area contributed by atoms with E-state index in [1.165, 1.54) is 0 Å². The minimum atomic E-state index is -5.60. The number of hydrogen-bond donors (Lipinski definition) is 4. The molecule has 4 N–H and O–H groups in total. The monoisotopic (exact) mass is 423 g/mol. The van der Waals surface area contributed by atoms with Crippen molar-refractivity contribution < 1.29 is 55.9 Å². The lowest BCUT2D eigenvalue weighted by molar-refractivity contribution is -0.0347. The van der Waals surface area contributed by atoms with Crippen LogP contribution < -0.4 is 0 Å². The molecule has 2 radical (unpaired) electrons. The van der Waals surface area contributed by atoms with E-state index in [9.17, 15) is 18.6 Å². The predicted octanol–water partition coefficient (Wildman–Crippen LogP) is 0.266. The Bertz CT molecular complexity index is 650. The van der Waals surface area contributed by atoms with Crippen molar-refractivity contribution in [1.29, 1.82) is 0 Å². The third-order valence-electron chi connectivity index (χ3n) is 2.46. The molecule has 0 bridgehead atoms. The summed E-state index contributed by atoms with van der Waals surface area (Å²) in [6.45, 7) is -1.08. The molecule has 1 aliphatic rings. The summed E-state index contributed by atoms with van der Waals surface area (Å²) in [7, 11) is -10.8. The molecule has 0 aromatic carbocycles. The Hall–Kier alpha value is -0.295. The molecule has 0 spiro atoms. The van der Waals surface area contributed by atoms with E-state index in [1.807, 2.05) is 0 Å². The fourth-order valence-electron chi connectivity index (χ4n) is 1.70.